The molecule has 194 valence electrons. The van der Waals surface area contributed by atoms with Crippen molar-refractivity contribution in [2.45, 2.75) is 12.0 Å². The van der Waals surface area contributed by atoms with E-state index < -0.39 is 29.5 Å². The van der Waals surface area contributed by atoms with Crippen LogP contribution in [0.2, 0.25) is 0 Å². The highest BCUT2D eigenvalue weighted by Gasteiger charge is 2.44. The van der Waals surface area contributed by atoms with Gasteiger partial charge < -0.3 is 29.2 Å². The number of methoxy groups -OCH3 is 4. The molecule has 0 bridgehead atoms. The van der Waals surface area contributed by atoms with Crippen molar-refractivity contribution >= 4 is 17.5 Å². The summed E-state index contributed by atoms with van der Waals surface area (Å²) in [6, 6.07) is 10.2. The van der Waals surface area contributed by atoms with E-state index in [1.807, 2.05) is 0 Å². The van der Waals surface area contributed by atoms with E-state index in [-0.39, 0.29) is 17.2 Å². The number of halogens is 2. The van der Waals surface area contributed by atoms with Crippen molar-refractivity contribution in [3.8, 4) is 23.0 Å². The molecule has 2 amide bonds. The van der Waals surface area contributed by atoms with Crippen molar-refractivity contribution in [2.24, 2.45) is 0 Å². The van der Waals surface area contributed by atoms with Crippen molar-refractivity contribution in [3.05, 3.63) is 76.9 Å². The lowest BCUT2D eigenvalue weighted by Crippen LogP contribution is -2.44. The molecule has 3 aromatic carbocycles. The molecular formula is C27H26F2N2O6. The standard InChI is InChI=1S/C27H26F2N2O6/c1-31-25(14-6-9-20(34-2)21(10-14)35-3)24(26(32)30-19-8-7-15(28)11-18(19)29)16-12-22(36-4)23(37-5)13-17(16)27(31)33/h6-13,24-25H,1-5H3,(H,30,32)/t24-,25+/m0/s1. The number of benzene rings is 3. The number of carbonyl (C=O) groups excluding carboxylic acids is 2. The Morgan fingerprint density at radius 2 is 1.46 bits per heavy atom. The van der Waals surface area contributed by atoms with Gasteiger partial charge in [-0.05, 0) is 47.5 Å². The predicted molar refractivity (Wildman–Crippen MR) is 132 cm³/mol. The molecule has 0 spiro atoms. The smallest absolute Gasteiger partial charge is 0.254 e. The topological polar surface area (TPSA) is 86.3 Å². The summed E-state index contributed by atoms with van der Waals surface area (Å²) < 4.78 is 49.5. The molecule has 8 nitrogen and oxygen atoms in total. The van der Waals surface area contributed by atoms with Gasteiger partial charge in [-0.3, -0.25) is 9.59 Å². The van der Waals surface area contributed by atoms with Gasteiger partial charge in [0.15, 0.2) is 23.0 Å². The first-order valence-electron chi connectivity index (χ1n) is 11.2. The number of hydrogen-bond acceptors (Lipinski definition) is 6. The first-order valence-corrected chi connectivity index (χ1v) is 11.2. The van der Waals surface area contributed by atoms with E-state index in [0.29, 0.717) is 40.2 Å². The molecule has 0 saturated carbocycles. The van der Waals surface area contributed by atoms with Crippen molar-refractivity contribution < 1.29 is 37.3 Å². The van der Waals surface area contributed by atoms with E-state index in [1.165, 1.54) is 39.4 Å². The van der Waals surface area contributed by atoms with E-state index in [9.17, 15) is 18.4 Å². The molecule has 10 heteroatoms. The van der Waals surface area contributed by atoms with Crippen LogP contribution in [0.5, 0.6) is 23.0 Å². The second-order valence-electron chi connectivity index (χ2n) is 8.36. The number of rotatable bonds is 7. The minimum Gasteiger partial charge on any atom is -0.493 e. The summed E-state index contributed by atoms with van der Waals surface area (Å²) in [5.74, 6) is -2.18. The Bertz CT molecular complexity index is 1360. The van der Waals surface area contributed by atoms with Crippen LogP contribution < -0.4 is 24.3 Å². The molecule has 3 aromatic rings. The summed E-state index contributed by atoms with van der Waals surface area (Å²) in [6.07, 6.45) is 0. The molecule has 0 radical (unpaired) electrons. The Balaban J connectivity index is 1.91. The normalized spacial score (nSPS) is 16.6. The van der Waals surface area contributed by atoms with E-state index >= 15 is 0 Å². The Kier molecular flexibility index (Phi) is 7.19. The van der Waals surface area contributed by atoms with Crippen molar-refractivity contribution in [2.75, 3.05) is 40.8 Å². The van der Waals surface area contributed by atoms with Crippen LogP contribution in [0.25, 0.3) is 0 Å². The third-order valence-corrected chi connectivity index (χ3v) is 6.40. The van der Waals surface area contributed by atoms with Crippen molar-refractivity contribution in [1.82, 2.24) is 4.90 Å². The summed E-state index contributed by atoms with van der Waals surface area (Å²) in [7, 11) is 7.43. The van der Waals surface area contributed by atoms with Gasteiger partial charge in [0.25, 0.3) is 5.91 Å². The van der Waals surface area contributed by atoms with E-state index in [2.05, 4.69) is 5.32 Å². The average Bonchev–Trinajstić information content (AvgIpc) is 2.90. The number of carbonyl (C=O) groups is 2. The first kappa shape index (κ1) is 25.7. The van der Waals surface area contributed by atoms with Crippen molar-refractivity contribution in [3.63, 3.8) is 0 Å². The summed E-state index contributed by atoms with van der Waals surface area (Å²) in [6.45, 7) is 0. The number of fused-ring (bicyclic) bond motifs is 1. The predicted octanol–water partition coefficient (Wildman–Crippen LogP) is 4.55. The number of nitrogens with one attached hydrogen (secondary N) is 1. The molecule has 1 N–H and O–H groups in total. The van der Waals surface area contributed by atoms with Crippen LogP contribution in [-0.2, 0) is 4.79 Å². The molecule has 2 atom stereocenters. The molecular weight excluding hydrogens is 486 g/mol. The number of anilines is 1. The summed E-state index contributed by atoms with van der Waals surface area (Å²) in [5, 5.41) is 2.55. The van der Waals surface area contributed by atoms with E-state index in [0.717, 1.165) is 12.1 Å². The van der Waals surface area contributed by atoms with Gasteiger partial charge in [-0.2, -0.15) is 0 Å². The van der Waals surface area contributed by atoms with Gasteiger partial charge in [-0.1, -0.05) is 6.07 Å². The highest BCUT2D eigenvalue weighted by atomic mass is 19.1. The third-order valence-electron chi connectivity index (χ3n) is 6.40. The zero-order valence-electron chi connectivity index (χ0n) is 20.9. The van der Waals surface area contributed by atoms with Crippen LogP contribution in [0.3, 0.4) is 0 Å². The molecule has 37 heavy (non-hydrogen) atoms. The lowest BCUT2D eigenvalue weighted by molar-refractivity contribution is -0.119. The average molecular weight is 513 g/mol. The third kappa shape index (κ3) is 4.62. The molecule has 0 fully saturated rings. The zero-order chi connectivity index (χ0) is 26.9. The molecule has 0 saturated heterocycles. The lowest BCUT2D eigenvalue weighted by Gasteiger charge is -2.40. The van der Waals surface area contributed by atoms with Crippen molar-refractivity contribution in [1.29, 1.82) is 0 Å². The molecule has 1 aliphatic heterocycles. The van der Waals surface area contributed by atoms with Gasteiger partial charge in [-0.25, -0.2) is 8.78 Å². The second-order valence-corrected chi connectivity index (χ2v) is 8.36. The minimum atomic E-state index is -1.01. The fourth-order valence-electron chi connectivity index (χ4n) is 4.59. The first-order chi connectivity index (χ1) is 17.7. The van der Waals surface area contributed by atoms with Gasteiger partial charge in [0, 0.05) is 18.7 Å². The van der Waals surface area contributed by atoms with Gasteiger partial charge in [0.1, 0.15) is 11.6 Å². The highest BCUT2D eigenvalue weighted by Crippen LogP contribution is 2.47. The Morgan fingerprint density at radius 3 is 2.08 bits per heavy atom. The maximum atomic E-state index is 14.4. The Hall–Kier alpha value is -4.34. The van der Waals surface area contributed by atoms with E-state index in [4.69, 9.17) is 18.9 Å². The fraction of sp³-hybridized carbons (Fsp3) is 0.259. The highest BCUT2D eigenvalue weighted by molar-refractivity contribution is 6.05. The summed E-state index contributed by atoms with van der Waals surface area (Å²) >= 11 is 0. The Morgan fingerprint density at radius 1 is 0.838 bits per heavy atom. The van der Waals surface area contributed by atoms with Gasteiger partial charge in [-0.15, -0.1) is 0 Å². The number of likely N-dealkylation sites (N-methyl/N-ethyl adjacent to an activating group) is 1. The van der Waals surface area contributed by atoms with Gasteiger partial charge in [0.05, 0.1) is 46.1 Å². The zero-order valence-corrected chi connectivity index (χ0v) is 20.9. The quantitative estimate of drug-likeness (QED) is 0.500. The van der Waals surface area contributed by atoms with Gasteiger partial charge in [0.2, 0.25) is 5.91 Å². The molecule has 1 heterocycles. The van der Waals surface area contributed by atoms with Crippen LogP contribution in [0.15, 0.2) is 48.5 Å². The van der Waals surface area contributed by atoms with Crippen LogP contribution in [0, 0.1) is 11.6 Å². The monoisotopic (exact) mass is 512 g/mol. The molecule has 0 unspecified atom stereocenters. The minimum absolute atomic E-state index is 0.195. The summed E-state index contributed by atoms with van der Waals surface area (Å²) in [4.78, 5) is 28.7. The van der Waals surface area contributed by atoms with Gasteiger partial charge >= 0.3 is 0 Å². The number of hydrogen-bond donors (Lipinski definition) is 1. The van der Waals surface area contributed by atoms with E-state index in [1.54, 1.807) is 31.3 Å². The SMILES string of the molecule is COc1ccc([C@@H]2[C@@H](C(=O)Nc3ccc(F)cc3F)c3cc(OC)c(OC)cc3C(=O)N2C)cc1OC. The van der Waals surface area contributed by atoms with Crippen LogP contribution in [0.4, 0.5) is 14.5 Å². The maximum Gasteiger partial charge on any atom is 0.254 e. The van der Waals surface area contributed by atoms with Crippen LogP contribution in [-0.4, -0.2) is 52.2 Å². The fourth-order valence-corrected chi connectivity index (χ4v) is 4.59. The molecule has 0 aliphatic carbocycles. The molecule has 4 rings (SSSR count). The Labute approximate surface area is 212 Å². The molecule has 1 aliphatic rings. The van der Waals surface area contributed by atoms with Crippen LogP contribution >= 0.6 is 0 Å². The second kappa shape index (κ2) is 10.3. The number of nitrogens with zero attached hydrogens (tertiary/aromatic N) is 1. The number of ether oxygens (including phenoxy) is 4. The van der Waals surface area contributed by atoms with Crippen LogP contribution in [0.1, 0.15) is 33.4 Å². The maximum absolute atomic E-state index is 14.4. The molecule has 0 aromatic heterocycles. The summed E-state index contributed by atoms with van der Waals surface area (Å²) in [5.41, 5.74) is 0.977. The lowest BCUT2D eigenvalue weighted by atomic mass is 9.79. The largest absolute Gasteiger partial charge is 0.493 e. The number of amides is 2.